The zero-order chi connectivity index (χ0) is 16.4. The highest BCUT2D eigenvalue weighted by atomic mass is 32.1. The number of hydrogen-bond donors (Lipinski definition) is 1. The number of rotatable bonds is 4. The highest BCUT2D eigenvalue weighted by Crippen LogP contribution is 2.23. The third kappa shape index (κ3) is 3.03. The molecule has 4 rings (SSSR count). The van der Waals surface area contributed by atoms with Gasteiger partial charge in [0.25, 0.3) is 5.91 Å². The molecular weight excluding hydrogens is 324 g/mol. The number of amides is 1. The first-order chi connectivity index (χ1) is 11.8. The van der Waals surface area contributed by atoms with Crippen LogP contribution in [0.3, 0.4) is 0 Å². The summed E-state index contributed by atoms with van der Waals surface area (Å²) in [5.41, 5.74) is 1.21. The van der Waals surface area contributed by atoms with Gasteiger partial charge in [-0.1, -0.05) is 35.5 Å². The van der Waals surface area contributed by atoms with Crippen LogP contribution in [0.1, 0.15) is 16.9 Å². The minimum absolute atomic E-state index is 0.0956. The molecule has 0 aliphatic carbocycles. The Kier molecular flexibility index (Phi) is 4.00. The molecule has 0 saturated carbocycles. The molecule has 0 spiro atoms. The van der Waals surface area contributed by atoms with Crippen LogP contribution in [0.4, 0.5) is 5.13 Å². The summed E-state index contributed by atoms with van der Waals surface area (Å²) < 4.78 is 5.29. The van der Waals surface area contributed by atoms with Crippen molar-refractivity contribution in [3.05, 3.63) is 53.7 Å². The molecule has 3 aromatic rings. The van der Waals surface area contributed by atoms with E-state index in [-0.39, 0.29) is 11.9 Å². The maximum atomic E-state index is 12.4. The van der Waals surface area contributed by atoms with Gasteiger partial charge in [-0.25, -0.2) is 4.98 Å². The summed E-state index contributed by atoms with van der Waals surface area (Å²) in [6.45, 7) is 1.66. The van der Waals surface area contributed by atoms with E-state index < -0.39 is 0 Å². The quantitative estimate of drug-likeness (QED) is 0.791. The lowest BCUT2D eigenvalue weighted by atomic mass is 10.1. The van der Waals surface area contributed by atoms with Gasteiger partial charge in [0.05, 0.1) is 0 Å². The number of benzene rings is 1. The summed E-state index contributed by atoms with van der Waals surface area (Å²) in [4.78, 5) is 18.9. The molecule has 1 atom stereocenters. The van der Waals surface area contributed by atoms with Crippen LogP contribution < -0.4 is 10.2 Å². The molecule has 1 aromatic carbocycles. The Labute approximate surface area is 143 Å². The van der Waals surface area contributed by atoms with Crippen LogP contribution in [0.5, 0.6) is 0 Å². The number of carbonyl (C=O) groups is 1. The van der Waals surface area contributed by atoms with Crippen LogP contribution >= 0.6 is 11.3 Å². The lowest BCUT2D eigenvalue weighted by Gasteiger charge is -2.15. The van der Waals surface area contributed by atoms with Crippen molar-refractivity contribution in [1.29, 1.82) is 0 Å². The number of carbonyl (C=O) groups excluding carboxylic acids is 1. The Balaban J connectivity index is 1.40. The molecule has 1 saturated heterocycles. The maximum absolute atomic E-state index is 12.4. The van der Waals surface area contributed by atoms with Crippen molar-refractivity contribution in [3.63, 3.8) is 0 Å². The Hall–Kier alpha value is -2.67. The van der Waals surface area contributed by atoms with Crippen LogP contribution in [0.15, 0.2) is 52.5 Å². The lowest BCUT2D eigenvalue weighted by Crippen LogP contribution is -2.37. The topological polar surface area (TPSA) is 71.3 Å². The highest BCUT2D eigenvalue weighted by molar-refractivity contribution is 7.13. The van der Waals surface area contributed by atoms with Gasteiger partial charge in [-0.3, -0.25) is 4.79 Å². The van der Waals surface area contributed by atoms with E-state index >= 15 is 0 Å². The van der Waals surface area contributed by atoms with E-state index in [0.717, 1.165) is 30.2 Å². The van der Waals surface area contributed by atoms with E-state index in [2.05, 4.69) is 20.4 Å². The summed E-state index contributed by atoms with van der Waals surface area (Å²) in [6, 6.07) is 11.4. The van der Waals surface area contributed by atoms with E-state index in [0.29, 0.717) is 11.5 Å². The second kappa shape index (κ2) is 6.45. The molecule has 24 heavy (non-hydrogen) atoms. The number of thiazole rings is 1. The van der Waals surface area contributed by atoms with Crippen LogP contribution in [-0.4, -0.2) is 35.2 Å². The van der Waals surface area contributed by atoms with Gasteiger partial charge in [-0.15, -0.1) is 11.3 Å². The number of nitrogens with zero attached hydrogens (tertiary/aromatic N) is 3. The Morgan fingerprint density at radius 2 is 2.21 bits per heavy atom. The molecule has 1 aliphatic heterocycles. The van der Waals surface area contributed by atoms with Crippen molar-refractivity contribution in [2.45, 2.75) is 12.5 Å². The van der Waals surface area contributed by atoms with Crippen LogP contribution in [-0.2, 0) is 0 Å². The molecule has 3 heterocycles. The SMILES string of the molecule is O=C(NC1CCN(c2nccs2)C1)c1cc(-c2ccccc2)on1. The molecule has 0 bridgehead atoms. The Bertz CT molecular complexity index is 816. The minimum Gasteiger partial charge on any atom is -0.355 e. The fourth-order valence-electron chi connectivity index (χ4n) is 2.80. The first-order valence-corrected chi connectivity index (χ1v) is 8.65. The standard InChI is InChI=1S/C17H16N4O2S/c22-16(14-10-15(23-20-14)12-4-2-1-3-5-12)19-13-6-8-21(11-13)17-18-7-9-24-17/h1-5,7,9-10,13H,6,8,11H2,(H,19,22). The van der Waals surface area contributed by atoms with Crippen molar-refractivity contribution < 1.29 is 9.32 Å². The van der Waals surface area contributed by atoms with Crippen molar-refractivity contribution in [2.24, 2.45) is 0 Å². The Morgan fingerprint density at radius 1 is 1.33 bits per heavy atom. The van der Waals surface area contributed by atoms with Crippen molar-refractivity contribution in [3.8, 4) is 11.3 Å². The smallest absolute Gasteiger partial charge is 0.273 e. The van der Waals surface area contributed by atoms with E-state index in [9.17, 15) is 4.79 Å². The molecule has 6 nitrogen and oxygen atoms in total. The van der Waals surface area contributed by atoms with Gasteiger partial charge in [-0.2, -0.15) is 0 Å². The number of aromatic nitrogens is 2. The molecule has 1 aliphatic rings. The van der Waals surface area contributed by atoms with E-state index in [4.69, 9.17) is 4.52 Å². The summed E-state index contributed by atoms with van der Waals surface area (Å²) in [6.07, 6.45) is 2.70. The van der Waals surface area contributed by atoms with Gasteiger partial charge < -0.3 is 14.7 Å². The van der Waals surface area contributed by atoms with Gasteiger partial charge >= 0.3 is 0 Å². The molecule has 1 amide bonds. The summed E-state index contributed by atoms with van der Waals surface area (Å²) >= 11 is 1.61. The van der Waals surface area contributed by atoms with Gasteiger partial charge in [0, 0.05) is 42.3 Å². The Morgan fingerprint density at radius 3 is 3.00 bits per heavy atom. The fourth-order valence-corrected chi connectivity index (χ4v) is 3.48. The van der Waals surface area contributed by atoms with Crippen molar-refractivity contribution in [2.75, 3.05) is 18.0 Å². The monoisotopic (exact) mass is 340 g/mol. The maximum Gasteiger partial charge on any atom is 0.273 e. The van der Waals surface area contributed by atoms with Crippen molar-refractivity contribution >= 4 is 22.4 Å². The zero-order valence-electron chi connectivity index (χ0n) is 12.9. The average molecular weight is 340 g/mol. The first-order valence-electron chi connectivity index (χ1n) is 7.77. The van der Waals surface area contributed by atoms with E-state index in [1.807, 2.05) is 35.7 Å². The summed E-state index contributed by atoms with van der Waals surface area (Å²) in [5.74, 6) is 0.392. The van der Waals surface area contributed by atoms with Gasteiger partial charge in [0.15, 0.2) is 16.6 Å². The molecule has 1 N–H and O–H groups in total. The molecule has 0 radical (unpaired) electrons. The van der Waals surface area contributed by atoms with Crippen molar-refractivity contribution in [1.82, 2.24) is 15.5 Å². The number of anilines is 1. The molecule has 2 aromatic heterocycles. The fraction of sp³-hybridized carbons (Fsp3) is 0.235. The minimum atomic E-state index is -0.202. The third-order valence-corrected chi connectivity index (χ3v) is 4.85. The van der Waals surface area contributed by atoms with Crippen LogP contribution in [0.2, 0.25) is 0 Å². The largest absolute Gasteiger partial charge is 0.355 e. The van der Waals surface area contributed by atoms with Crippen LogP contribution in [0, 0.1) is 0 Å². The number of hydrogen-bond acceptors (Lipinski definition) is 6. The predicted molar refractivity (Wildman–Crippen MR) is 92.1 cm³/mol. The zero-order valence-corrected chi connectivity index (χ0v) is 13.7. The van der Waals surface area contributed by atoms with Gasteiger partial charge in [0.1, 0.15) is 0 Å². The van der Waals surface area contributed by atoms with Gasteiger partial charge in [-0.05, 0) is 6.42 Å². The molecule has 122 valence electrons. The number of nitrogens with one attached hydrogen (secondary N) is 1. The summed E-state index contributed by atoms with van der Waals surface area (Å²) in [5, 5.41) is 9.88. The summed E-state index contributed by atoms with van der Waals surface area (Å²) in [7, 11) is 0. The normalized spacial score (nSPS) is 17.2. The lowest BCUT2D eigenvalue weighted by molar-refractivity contribution is 0.0931. The predicted octanol–water partition coefficient (Wildman–Crippen LogP) is 2.81. The molecular formula is C17H16N4O2S. The van der Waals surface area contributed by atoms with E-state index in [1.165, 1.54) is 0 Å². The highest BCUT2D eigenvalue weighted by Gasteiger charge is 2.26. The second-order valence-electron chi connectivity index (χ2n) is 5.66. The van der Waals surface area contributed by atoms with Crippen LogP contribution in [0.25, 0.3) is 11.3 Å². The first kappa shape index (κ1) is 14.9. The molecule has 1 fully saturated rings. The van der Waals surface area contributed by atoms with E-state index in [1.54, 1.807) is 23.6 Å². The third-order valence-electron chi connectivity index (χ3n) is 4.01. The second-order valence-corrected chi connectivity index (χ2v) is 6.54. The average Bonchev–Trinajstić information content (AvgIpc) is 3.36. The molecule has 1 unspecified atom stereocenters. The van der Waals surface area contributed by atoms with Gasteiger partial charge in [0.2, 0.25) is 0 Å². The molecule has 7 heteroatoms.